The van der Waals surface area contributed by atoms with Crippen LogP contribution in [0, 0.1) is 5.82 Å². The highest BCUT2D eigenvalue weighted by atomic mass is 32.2. The smallest absolute Gasteiger partial charge is 0.230 e. The number of aliphatic hydroxyl groups is 1. The summed E-state index contributed by atoms with van der Waals surface area (Å²) in [4.78, 5) is 11.6. The van der Waals surface area contributed by atoms with Crippen LogP contribution in [0.2, 0.25) is 0 Å². The van der Waals surface area contributed by atoms with Gasteiger partial charge in [0.1, 0.15) is 5.82 Å². The number of hydrogen-bond donors (Lipinski definition) is 2. The molecule has 0 spiro atoms. The molecular weight excluding hydrogens is 265 g/mol. The number of hydrogen-bond acceptors (Lipinski definition) is 3. The monoisotopic (exact) mass is 285 g/mol. The topological polar surface area (TPSA) is 49.3 Å². The largest absolute Gasteiger partial charge is 0.387 e. The van der Waals surface area contributed by atoms with E-state index in [1.165, 1.54) is 24.3 Å². The van der Waals surface area contributed by atoms with Crippen molar-refractivity contribution in [3.8, 4) is 0 Å². The van der Waals surface area contributed by atoms with Gasteiger partial charge >= 0.3 is 0 Å². The van der Waals surface area contributed by atoms with Gasteiger partial charge < -0.3 is 10.4 Å². The molecule has 1 amide bonds. The summed E-state index contributed by atoms with van der Waals surface area (Å²) in [7, 11) is 0. The van der Waals surface area contributed by atoms with Crippen molar-refractivity contribution >= 4 is 17.7 Å². The lowest BCUT2D eigenvalue weighted by molar-refractivity contribution is -0.119. The van der Waals surface area contributed by atoms with Crippen LogP contribution in [0.1, 0.15) is 32.4 Å². The Morgan fingerprint density at radius 2 is 1.95 bits per heavy atom. The molecule has 106 valence electrons. The molecule has 1 aromatic carbocycles. The fourth-order valence-electron chi connectivity index (χ4n) is 1.35. The zero-order valence-corrected chi connectivity index (χ0v) is 12.3. The fraction of sp³-hybridized carbons (Fsp3) is 0.500. The molecule has 1 unspecified atom stereocenters. The Balaban J connectivity index is 2.35. The molecule has 0 aliphatic heterocycles. The first-order valence-electron chi connectivity index (χ1n) is 6.12. The highest BCUT2D eigenvalue weighted by molar-refractivity contribution is 8.01. The van der Waals surface area contributed by atoms with Gasteiger partial charge in [-0.25, -0.2) is 4.39 Å². The number of rotatable bonds is 5. The zero-order valence-electron chi connectivity index (χ0n) is 11.4. The quantitative estimate of drug-likeness (QED) is 0.874. The van der Waals surface area contributed by atoms with E-state index in [9.17, 15) is 14.3 Å². The average Bonchev–Trinajstić information content (AvgIpc) is 2.33. The molecule has 0 heterocycles. The van der Waals surface area contributed by atoms with Gasteiger partial charge in [0.2, 0.25) is 5.91 Å². The van der Waals surface area contributed by atoms with Crippen LogP contribution in [-0.2, 0) is 4.79 Å². The third-order valence-corrected chi connectivity index (χ3v) is 3.66. The maximum absolute atomic E-state index is 12.7. The Hall–Kier alpha value is -1.07. The van der Waals surface area contributed by atoms with Gasteiger partial charge in [-0.3, -0.25) is 4.79 Å². The summed E-state index contributed by atoms with van der Waals surface area (Å²) in [6, 6.07) is 5.60. The van der Waals surface area contributed by atoms with Crippen LogP contribution >= 0.6 is 11.8 Å². The zero-order chi connectivity index (χ0) is 14.5. The summed E-state index contributed by atoms with van der Waals surface area (Å²) in [6.07, 6.45) is -0.816. The Morgan fingerprint density at radius 1 is 1.37 bits per heavy atom. The number of halogens is 1. The highest BCUT2D eigenvalue weighted by Crippen LogP contribution is 2.22. The van der Waals surface area contributed by atoms with Crippen molar-refractivity contribution in [1.82, 2.24) is 5.32 Å². The van der Waals surface area contributed by atoms with Crippen molar-refractivity contribution in [2.75, 3.05) is 12.3 Å². The maximum atomic E-state index is 12.7. The van der Waals surface area contributed by atoms with E-state index < -0.39 is 6.10 Å². The highest BCUT2D eigenvalue weighted by Gasteiger charge is 2.14. The standard InChI is InChI=1S/C14H20FNO2S/c1-14(2,3)19-9-13(18)16-8-12(17)10-4-6-11(15)7-5-10/h4-7,12,17H,8-9H2,1-3H3,(H,16,18). The minimum absolute atomic E-state index is 0.0346. The van der Waals surface area contributed by atoms with Crippen LogP contribution in [-0.4, -0.2) is 28.1 Å². The molecule has 5 heteroatoms. The minimum atomic E-state index is -0.816. The van der Waals surface area contributed by atoms with Gasteiger partial charge in [0.05, 0.1) is 11.9 Å². The van der Waals surface area contributed by atoms with Crippen LogP contribution in [0.3, 0.4) is 0 Å². The molecule has 3 nitrogen and oxygen atoms in total. The van der Waals surface area contributed by atoms with Gasteiger partial charge in [0.25, 0.3) is 0 Å². The summed E-state index contributed by atoms with van der Waals surface area (Å²) in [5.74, 6) is -0.0951. The molecule has 2 N–H and O–H groups in total. The number of amides is 1. The van der Waals surface area contributed by atoms with E-state index in [1.54, 1.807) is 11.8 Å². The first kappa shape index (κ1) is 16.0. The Morgan fingerprint density at radius 3 is 2.47 bits per heavy atom. The third-order valence-electron chi connectivity index (χ3n) is 2.38. The van der Waals surface area contributed by atoms with E-state index in [0.29, 0.717) is 11.3 Å². The Kier molecular flexibility index (Phi) is 5.82. The molecular formula is C14H20FNO2S. The Bertz CT molecular complexity index is 414. The number of aliphatic hydroxyl groups excluding tert-OH is 1. The molecule has 0 fully saturated rings. The van der Waals surface area contributed by atoms with Crippen molar-refractivity contribution in [1.29, 1.82) is 0 Å². The summed E-state index contributed by atoms with van der Waals surface area (Å²) in [5, 5.41) is 12.5. The number of nitrogens with one attached hydrogen (secondary N) is 1. The molecule has 0 bridgehead atoms. The first-order chi connectivity index (χ1) is 8.78. The second kappa shape index (κ2) is 6.91. The van der Waals surface area contributed by atoms with Crippen LogP contribution in [0.5, 0.6) is 0 Å². The molecule has 1 rings (SSSR count). The van der Waals surface area contributed by atoms with Gasteiger partial charge in [0, 0.05) is 11.3 Å². The van der Waals surface area contributed by atoms with Crippen LogP contribution in [0.15, 0.2) is 24.3 Å². The van der Waals surface area contributed by atoms with Gasteiger partial charge in [-0.1, -0.05) is 32.9 Å². The van der Waals surface area contributed by atoms with Crippen LogP contribution in [0.25, 0.3) is 0 Å². The van der Waals surface area contributed by atoms with E-state index in [2.05, 4.69) is 5.32 Å². The maximum Gasteiger partial charge on any atom is 0.230 e. The van der Waals surface area contributed by atoms with Crippen molar-refractivity contribution < 1.29 is 14.3 Å². The summed E-state index contributed by atoms with van der Waals surface area (Å²) < 4.78 is 12.8. The van der Waals surface area contributed by atoms with Crippen molar-refractivity contribution in [3.05, 3.63) is 35.6 Å². The van der Waals surface area contributed by atoms with Crippen LogP contribution in [0.4, 0.5) is 4.39 Å². The predicted octanol–water partition coefficient (Wildman–Crippen LogP) is 2.51. The van der Waals surface area contributed by atoms with Crippen molar-refractivity contribution in [2.45, 2.75) is 31.6 Å². The second-order valence-corrected chi connectivity index (χ2v) is 7.07. The second-order valence-electron chi connectivity index (χ2n) is 5.27. The SMILES string of the molecule is CC(C)(C)SCC(=O)NCC(O)c1ccc(F)cc1. The Labute approximate surface area is 117 Å². The van der Waals surface area contributed by atoms with E-state index in [1.807, 2.05) is 20.8 Å². The van der Waals surface area contributed by atoms with E-state index in [0.717, 1.165) is 0 Å². The molecule has 1 atom stereocenters. The molecule has 0 aliphatic rings. The number of thioether (sulfide) groups is 1. The third kappa shape index (κ3) is 6.59. The molecule has 0 saturated heterocycles. The molecule has 0 aliphatic carbocycles. The fourth-order valence-corrected chi connectivity index (χ4v) is 2.01. The average molecular weight is 285 g/mol. The normalized spacial score (nSPS) is 13.1. The van der Waals surface area contributed by atoms with Crippen molar-refractivity contribution in [2.24, 2.45) is 0 Å². The van der Waals surface area contributed by atoms with E-state index in [-0.39, 0.29) is 23.0 Å². The lowest BCUT2D eigenvalue weighted by Gasteiger charge is -2.17. The van der Waals surface area contributed by atoms with E-state index >= 15 is 0 Å². The number of carbonyl (C=O) groups excluding carboxylic acids is 1. The molecule has 1 aromatic rings. The lowest BCUT2D eigenvalue weighted by atomic mass is 10.1. The number of benzene rings is 1. The minimum Gasteiger partial charge on any atom is -0.387 e. The summed E-state index contributed by atoms with van der Waals surface area (Å²) in [5.41, 5.74) is 0.588. The molecule has 0 radical (unpaired) electrons. The lowest BCUT2D eigenvalue weighted by Crippen LogP contribution is -2.30. The summed E-state index contributed by atoms with van der Waals surface area (Å²) >= 11 is 1.55. The van der Waals surface area contributed by atoms with E-state index in [4.69, 9.17) is 0 Å². The van der Waals surface area contributed by atoms with Gasteiger partial charge in [-0.15, -0.1) is 11.8 Å². The van der Waals surface area contributed by atoms with Crippen LogP contribution < -0.4 is 5.32 Å². The number of carbonyl (C=O) groups is 1. The predicted molar refractivity (Wildman–Crippen MR) is 76.6 cm³/mol. The molecule has 19 heavy (non-hydrogen) atoms. The van der Waals surface area contributed by atoms with Gasteiger partial charge in [-0.05, 0) is 17.7 Å². The van der Waals surface area contributed by atoms with Gasteiger partial charge in [0.15, 0.2) is 0 Å². The van der Waals surface area contributed by atoms with Gasteiger partial charge in [-0.2, -0.15) is 0 Å². The molecule has 0 saturated carbocycles. The van der Waals surface area contributed by atoms with Crippen molar-refractivity contribution in [3.63, 3.8) is 0 Å². The molecule has 0 aromatic heterocycles. The summed E-state index contributed by atoms with van der Waals surface area (Å²) in [6.45, 7) is 6.25. The first-order valence-corrected chi connectivity index (χ1v) is 7.11.